The van der Waals surface area contributed by atoms with E-state index in [2.05, 4.69) is 15.3 Å². The van der Waals surface area contributed by atoms with Crippen LogP contribution in [0.5, 0.6) is 11.5 Å². The number of halogens is 3. The summed E-state index contributed by atoms with van der Waals surface area (Å²) in [7, 11) is 1.91. The molecule has 1 aromatic heterocycles. The van der Waals surface area contributed by atoms with Crippen LogP contribution in [0.1, 0.15) is 23.2 Å². The van der Waals surface area contributed by atoms with Gasteiger partial charge in [-0.25, -0.2) is 4.98 Å². The molecule has 0 unspecified atom stereocenters. The van der Waals surface area contributed by atoms with E-state index in [-0.39, 0.29) is 0 Å². The molecule has 0 bridgehead atoms. The van der Waals surface area contributed by atoms with E-state index in [1.165, 1.54) is 0 Å². The quantitative estimate of drug-likeness (QED) is 0.563. The molecule has 2 aromatic rings. The van der Waals surface area contributed by atoms with Gasteiger partial charge in [0.15, 0.2) is 23.2 Å². The van der Waals surface area contributed by atoms with E-state index in [9.17, 15) is 13.2 Å². The maximum atomic E-state index is 12.7. The lowest BCUT2D eigenvalue weighted by atomic mass is 10.2. The van der Waals surface area contributed by atoms with E-state index in [4.69, 9.17) is 9.47 Å². The van der Waals surface area contributed by atoms with Gasteiger partial charge in [0.1, 0.15) is 13.2 Å². The molecule has 6 nitrogen and oxygen atoms in total. The predicted octanol–water partition coefficient (Wildman–Crippen LogP) is 3.57. The first kappa shape index (κ1) is 21.2. The van der Waals surface area contributed by atoms with Crippen molar-refractivity contribution in [2.45, 2.75) is 26.1 Å². The van der Waals surface area contributed by atoms with Gasteiger partial charge in [0, 0.05) is 38.5 Å². The molecular formula is C19H23F3N4O2S. The second-order valence-corrected chi connectivity index (χ2v) is 7.39. The van der Waals surface area contributed by atoms with Crippen molar-refractivity contribution in [3.8, 4) is 11.5 Å². The van der Waals surface area contributed by atoms with Gasteiger partial charge in [0.25, 0.3) is 0 Å². The van der Waals surface area contributed by atoms with Gasteiger partial charge in [0.05, 0.1) is 5.01 Å². The Morgan fingerprint density at radius 1 is 1.28 bits per heavy atom. The molecule has 0 amide bonds. The van der Waals surface area contributed by atoms with Crippen LogP contribution in [-0.4, -0.2) is 49.2 Å². The van der Waals surface area contributed by atoms with Crippen LogP contribution < -0.4 is 14.8 Å². The number of hydrogen-bond donors (Lipinski definition) is 1. The van der Waals surface area contributed by atoms with Gasteiger partial charge in [-0.05, 0) is 24.6 Å². The van der Waals surface area contributed by atoms with E-state index >= 15 is 0 Å². The SMILES string of the molecule is CCNC(=NCCc1nc(C(F)(F)F)cs1)N(C)Cc1ccc2c(c1)OCCO2. The van der Waals surface area contributed by atoms with Gasteiger partial charge < -0.3 is 19.7 Å². The Morgan fingerprint density at radius 3 is 2.72 bits per heavy atom. The minimum Gasteiger partial charge on any atom is -0.486 e. The highest BCUT2D eigenvalue weighted by molar-refractivity contribution is 7.09. The molecule has 0 saturated heterocycles. The largest absolute Gasteiger partial charge is 0.486 e. The molecule has 0 aliphatic carbocycles. The Bertz CT molecular complexity index is 854. The second-order valence-electron chi connectivity index (χ2n) is 6.44. The lowest BCUT2D eigenvalue weighted by Crippen LogP contribution is -2.38. The maximum Gasteiger partial charge on any atom is 0.434 e. The summed E-state index contributed by atoms with van der Waals surface area (Å²) in [5, 5.41) is 4.67. The number of rotatable bonds is 6. The van der Waals surface area contributed by atoms with E-state index in [1.807, 2.05) is 37.1 Å². The first-order valence-corrected chi connectivity index (χ1v) is 10.1. The highest BCUT2D eigenvalue weighted by atomic mass is 32.1. The van der Waals surface area contributed by atoms with Gasteiger partial charge in [-0.1, -0.05) is 6.07 Å². The number of nitrogens with zero attached hydrogens (tertiary/aromatic N) is 3. The van der Waals surface area contributed by atoms with Crippen molar-refractivity contribution < 1.29 is 22.6 Å². The third kappa shape index (κ3) is 5.75. The second kappa shape index (κ2) is 9.34. The summed E-state index contributed by atoms with van der Waals surface area (Å²) in [4.78, 5) is 10.1. The summed E-state index contributed by atoms with van der Waals surface area (Å²) in [6.07, 6.45) is -4.05. The number of alkyl halides is 3. The molecule has 0 saturated carbocycles. The van der Waals surface area contributed by atoms with Gasteiger partial charge in [-0.3, -0.25) is 4.99 Å². The number of nitrogens with one attached hydrogen (secondary N) is 1. The van der Waals surface area contributed by atoms with Crippen molar-refractivity contribution in [3.63, 3.8) is 0 Å². The molecule has 10 heteroatoms. The summed E-state index contributed by atoms with van der Waals surface area (Å²) in [6, 6.07) is 5.81. The fraction of sp³-hybridized carbons (Fsp3) is 0.474. The van der Waals surface area contributed by atoms with Crippen molar-refractivity contribution >= 4 is 17.3 Å². The summed E-state index contributed by atoms with van der Waals surface area (Å²) in [6.45, 7) is 4.66. The van der Waals surface area contributed by atoms with Gasteiger partial charge in [0.2, 0.25) is 0 Å². The Balaban J connectivity index is 1.61. The number of thiazole rings is 1. The van der Waals surface area contributed by atoms with Crippen LogP contribution in [0.15, 0.2) is 28.6 Å². The van der Waals surface area contributed by atoms with Crippen LogP contribution in [0.3, 0.4) is 0 Å². The van der Waals surface area contributed by atoms with Crippen molar-refractivity contribution in [2.24, 2.45) is 4.99 Å². The van der Waals surface area contributed by atoms with Crippen LogP contribution in [0.25, 0.3) is 0 Å². The number of hydrogen-bond acceptors (Lipinski definition) is 5. The fourth-order valence-corrected chi connectivity index (χ4v) is 3.61. The predicted molar refractivity (Wildman–Crippen MR) is 106 cm³/mol. The molecule has 3 rings (SSSR count). The zero-order chi connectivity index (χ0) is 20.9. The molecule has 1 aliphatic rings. The van der Waals surface area contributed by atoms with E-state index < -0.39 is 11.9 Å². The summed E-state index contributed by atoms with van der Waals surface area (Å²) in [5.74, 6) is 2.15. The van der Waals surface area contributed by atoms with Crippen LogP contribution in [0, 0.1) is 0 Å². The summed E-state index contributed by atoms with van der Waals surface area (Å²) >= 11 is 1.01. The van der Waals surface area contributed by atoms with Crippen LogP contribution >= 0.6 is 11.3 Å². The Morgan fingerprint density at radius 2 is 2.03 bits per heavy atom. The topological polar surface area (TPSA) is 59.0 Å². The zero-order valence-corrected chi connectivity index (χ0v) is 17.1. The monoisotopic (exact) mass is 428 g/mol. The average molecular weight is 428 g/mol. The third-order valence-electron chi connectivity index (χ3n) is 4.15. The molecule has 1 aliphatic heterocycles. The minimum absolute atomic E-state index is 0.346. The number of benzene rings is 1. The van der Waals surface area contributed by atoms with E-state index in [1.54, 1.807) is 0 Å². The van der Waals surface area contributed by atoms with E-state index in [0.29, 0.717) is 50.2 Å². The number of aliphatic imine (C=N–C) groups is 1. The molecule has 0 radical (unpaired) electrons. The molecule has 1 N–H and O–H groups in total. The standard InChI is InChI=1S/C19H23F3N4O2S/c1-3-23-18(24-7-6-17-25-16(12-29-17)19(20,21)22)26(2)11-13-4-5-14-15(10-13)28-9-8-27-14/h4-5,10,12H,3,6-9,11H2,1-2H3,(H,23,24). The molecule has 1 aromatic carbocycles. The number of fused-ring (bicyclic) bond motifs is 1. The summed E-state index contributed by atoms with van der Waals surface area (Å²) in [5.41, 5.74) is 0.196. The van der Waals surface area contributed by atoms with Gasteiger partial charge in [-0.2, -0.15) is 13.2 Å². The Labute approximate surface area is 171 Å². The van der Waals surface area contributed by atoms with Crippen molar-refractivity contribution in [1.29, 1.82) is 0 Å². The van der Waals surface area contributed by atoms with Crippen LogP contribution in [0.4, 0.5) is 13.2 Å². The number of guanidine groups is 1. The van der Waals surface area contributed by atoms with Gasteiger partial charge >= 0.3 is 6.18 Å². The number of aromatic nitrogens is 1. The minimum atomic E-state index is -4.41. The third-order valence-corrected chi connectivity index (χ3v) is 5.06. The molecule has 0 atom stereocenters. The fourth-order valence-electron chi connectivity index (χ4n) is 2.82. The maximum absolute atomic E-state index is 12.7. The van der Waals surface area contributed by atoms with Crippen molar-refractivity contribution in [2.75, 3.05) is 33.4 Å². The lowest BCUT2D eigenvalue weighted by molar-refractivity contribution is -0.140. The first-order valence-electron chi connectivity index (χ1n) is 9.26. The Kier molecular flexibility index (Phi) is 6.83. The normalized spacial score (nSPS) is 14.0. The average Bonchev–Trinajstić information content (AvgIpc) is 3.16. The molecule has 29 heavy (non-hydrogen) atoms. The molecule has 0 spiro atoms. The first-order chi connectivity index (χ1) is 13.9. The molecule has 2 heterocycles. The smallest absolute Gasteiger partial charge is 0.434 e. The van der Waals surface area contributed by atoms with Crippen molar-refractivity contribution in [3.05, 3.63) is 39.8 Å². The lowest BCUT2D eigenvalue weighted by Gasteiger charge is -2.23. The highest BCUT2D eigenvalue weighted by Crippen LogP contribution is 2.31. The molecular weight excluding hydrogens is 405 g/mol. The van der Waals surface area contributed by atoms with Crippen molar-refractivity contribution in [1.82, 2.24) is 15.2 Å². The Hall–Kier alpha value is -2.49. The zero-order valence-electron chi connectivity index (χ0n) is 16.3. The van der Waals surface area contributed by atoms with Gasteiger partial charge in [-0.15, -0.1) is 11.3 Å². The molecule has 0 fully saturated rings. The van der Waals surface area contributed by atoms with Crippen LogP contribution in [-0.2, 0) is 19.1 Å². The molecule has 158 valence electrons. The van der Waals surface area contributed by atoms with E-state index in [0.717, 1.165) is 33.8 Å². The highest BCUT2D eigenvalue weighted by Gasteiger charge is 2.33. The van der Waals surface area contributed by atoms with Crippen LogP contribution in [0.2, 0.25) is 0 Å². The summed E-state index contributed by atoms with van der Waals surface area (Å²) < 4.78 is 49.1. The number of ether oxygens (including phenoxy) is 2.